The maximum atomic E-state index is 13.4. The Morgan fingerprint density at radius 1 is 1.15 bits per heavy atom. The van der Waals surface area contributed by atoms with Gasteiger partial charge >= 0.3 is 0 Å². The fourth-order valence-electron chi connectivity index (χ4n) is 4.04. The molecule has 2 atom stereocenters. The van der Waals surface area contributed by atoms with Gasteiger partial charge in [-0.05, 0) is 43.7 Å². The second kappa shape index (κ2) is 9.13. The number of aryl methyl sites for hydroxylation is 1. The van der Waals surface area contributed by atoms with Gasteiger partial charge < -0.3 is 10.2 Å². The first-order chi connectivity index (χ1) is 13.0. The molecule has 2 aliphatic rings. The zero-order valence-electron chi connectivity index (χ0n) is 16.7. The molecule has 1 N–H and O–H groups in total. The monoisotopic (exact) mass is 388 g/mol. The van der Waals surface area contributed by atoms with Crippen LogP contribution in [-0.2, 0) is 4.79 Å². The van der Waals surface area contributed by atoms with Gasteiger partial charge in [0.2, 0.25) is 5.91 Å². The third-order valence-corrected chi connectivity index (χ3v) is 7.07. The van der Waals surface area contributed by atoms with Gasteiger partial charge in [0.1, 0.15) is 6.04 Å². The second-order valence-electron chi connectivity index (χ2n) is 8.36. The Balaban J connectivity index is 1.83. The van der Waals surface area contributed by atoms with Crippen LogP contribution in [0.25, 0.3) is 0 Å². The van der Waals surface area contributed by atoms with Gasteiger partial charge in [-0.15, -0.1) is 11.8 Å². The minimum atomic E-state index is -0.366. The number of carbonyl (C=O) groups is 2. The van der Waals surface area contributed by atoms with E-state index in [0.29, 0.717) is 29.7 Å². The smallest absolute Gasteiger partial charge is 0.255 e. The molecule has 2 amide bonds. The lowest BCUT2D eigenvalue weighted by molar-refractivity contribution is -0.125. The molecule has 1 aromatic carbocycles. The quantitative estimate of drug-likeness (QED) is 0.821. The van der Waals surface area contributed by atoms with Crippen molar-refractivity contribution >= 4 is 23.6 Å². The van der Waals surface area contributed by atoms with Crippen LogP contribution in [0, 0.1) is 18.8 Å². The summed E-state index contributed by atoms with van der Waals surface area (Å²) in [5.74, 6) is 1.59. The molecule has 0 aromatic heterocycles. The van der Waals surface area contributed by atoms with Gasteiger partial charge in [0.25, 0.3) is 5.91 Å². The summed E-state index contributed by atoms with van der Waals surface area (Å²) in [6.45, 7) is 6.85. The van der Waals surface area contributed by atoms with E-state index in [0.717, 1.165) is 18.4 Å². The van der Waals surface area contributed by atoms with Crippen molar-refractivity contribution in [1.82, 2.24) is 10.2 Å². The third kappa shape index (κ3) is 4.87. The molecule has 0 unspecified atom stereocenters. The molecular formula is C22H32N2O2S. The van der Waals surface area contributed by atoms with Crippen molar-refractivity contribution in [2.45, 2.75) is 64.3 Å². The first kappa shape index (κ1) is 20.2. The first-order valence-corrected chi connectivity index (χ1v) is 11.3. The van der Waals surface area contributed by atoms with Crippen LogP contribution in [0.5, 0.6) is 0 Å². The highest BCUT2D eigenvalue weighted by Crippen LogP contribution is 2.41. The van der Waals surface area contributed by atoms with E-state index in [2.05, 4.69) is 19.2 Å². The first-order valence-electron chi connectivity index (χ1n) is 10.3. The predicted molar refractivity (Wildman–Crippen MR) is 112 cm³/mol. The van der Waals surface area contributed by atoms with Gasteiger partial charge in [-0.25, -0.2) is 0 Å². The Hall–Kier alpha value is -1.49. The summed E-state index contributed by atoms with van der Waals surface area (Å²) in [6, 6.07) is 7.36. The molecule has 1 aromatic rings. The lowest BCUT2D eigenvalue weighted by atomic mass is 9.88. The normalized spacial score (nSPS) is 23.6. The molecule has 4 nitrogen and oxygen atoms in total. The van der Waals surface area contributed by atoms with Crippen molar-refractivity contribution in [3.05, 3.63) is 35.4 Å². The number of rotatable bonds is 5. The van der Waals surface area contributed by atoms with E-state index in [9.17, 15) is 9.59 Å². The van der Waals surface area contributed by atoms with E-state index >= 15 is 0 Å². The summed E-state index contributed by atoms with van der Waals surface area (Å²) >= 11 is 1.80. The van der Waals surface area contributed by atoms with Gasteiger partial charge in [0.05, 0.1) is 5.37 Å². The topological polar surface area (TPSA) is 49.4 Å². The highest BCUT2D eigenvalue weighted by molar-refractivity contribution is 8.00. The van der Waals surface area contributed by atoms with Gasteiger partial charge in [0, 0.05) is 17.9 Å². The van der Waals surface area contributed by atoms with Crippen molar-refractivity contribution in [2.75, 3.05) is 12.3 Å². The number of amides is 2. The summed E-state index contributed by atoms with van der Waals surface area (Å²) in [5.41, 5.74) is 1.82. The van der Waals surface area contributed by atoms with Crippen LogP contribution >= 0.6 is 11.8 Å². The van der Waals surface area contributed by atoms with Gasteiger partial charge in [0.15, 0.2) is 0 Å². The number of hydrogen-bond acceptors (Lipinski definition) is 3. The molecule has 1 saturated heterocycles. The number of hydrogen-bond donors (Lipinski definition) is 1. The fraction of sp³-hybridized carbons (Fsp3) is 0.636. The van der Waals surface area contributed by atoms with Crippen molar-refractivity contribution in [2.24, 2.45) is 11.8 Å². The largest absolute Gasteiger partial charge is 0.354 e. The molecule has 0 spiro atoms. The predicted octanol–water partition coefficient (Wildman–Crippen LogP) is 4.23. The molecule has 0 radical (unpaired) electrons. The molecule has 5 heteroatoms. The van der Waals surface area contributed by atoms with E-state index < -0.39 is 0 Å². The summed E-state index contributed by atoms with van der Waals surface area (Å²) in [6.07, 6.45) is 6.08. The lowest BCUT2D eigenvalue weighted by Crippen LogP contribution is -2.52. The minimum Gasteiger partial charge on any atom is -0.354 e. The molecule has 1 saturated carbocycles. The Morgan fingerprint density at radius 2 is 1.81 bits per heavy atom. The van der Waals surface area contributed by atoms with Crippen molar-refractivity contribution in [3.8, 4) is 0 Å². The summed E-state index contributed by atoms with van der Waals surface area (Å²) in [4.78, 5) is 28.2. The number of nitrogens with zero attached hydrogens (tertiary/aromatic N) is 1. The van der Waals surface area contributed by atoms with E-state index in [1.807, 2.05) is 36.1 Å². The van der Waals surface area contributed by atoms with Crippen LogP contribution in [0.15, 0.2) is 24.3 Å². The molecular weight excluding hydrogens is 356 g/mol. The van der Waals surface area contributed by atoms with Gasteiger partial charge in [-0.3, -0.25) is 9.59 Å². The van der Waals surface area contributed by atoms with Crippen molar-refractivity contribution in [3.63, 3.8) is 0 Å². The highest BCUT2D eigenvalue weighted by atomic mass is 32.2. The van der Waals surface area contributed by atoms with E-state index in [1.54, 1.807) is 11.8 Å². The van der Waals surface area contributed by atoms with E-state index in [1.165, 1.54) is 19.3 Å². The number of benzene rings is 1. The number of thioether (sulfide) groups is 1. The molecule has 1 heterocycles. The third-order valence-electron chi connectivity index (χ3n) is 5.61. The Morgan fingerprint density at radius 3 is 2.44 bits per heavy atom. The van der Waals surface area contributed by atoms with Crippen LogP contribution in [0.2, 0.25) is 0 Å². The second-order valence-corrected chi connectivity index (χ2v) is 9.50. The highest BCUT2D eigenvalue weighted by Gasteiger charge is 2.45. The van der Waals surface area contributed by atoms with Crippen LogP contribution < -0.4 is 5.32 Å². The maximum absolute atomic E-state index is 13.4. The molecule has 2 fully saturated rings. The molecule has 1 aliphatic carbocycles. The number of nitrogens with one attached hydrogen (secondary N) is 1. The van der Waals surface area contributed by atoms with Gasteiger partial charge in [-0.1, -0.05) is 50.8 Å². The molecule has 148 valence electrons. The Kier molecular flexibility index (Phi) is 6.85. The zero-order chi connectivity index (χ0) is 19.4. The number of carbonyl (C=O) groups excluding carboxylic acids is 2. The maximum Gasteiger partial charge on any atom is 0.255 e. The standard InChI is InChI=1S/C22H32N2O2S/c1-15(2)13-23-20(25)19-14-27-22(18-7-5-4-6-8-18)24(19)21(26)17-11-9-16(3)10-12-17/h9-12,15,18-19,22H,4-8,13-14H2,1-3H3,(H,23,25)/t19-,22-/m1/s1. The van der Waals surface area contributed by atoms with Gasteiger partial charge in [-0.2, -0.15) is 0 Å². The summed E-state index contributed by atoms with van der Waals surface area (Å²) in [5, 5.41) is 3.17. The molecule has 3 rings (SSSR count). The Labute approximate surface area is 167 Å². The zero-order valence-corrected chi connectivity index (χ0v) is 17.6. The molecule has 27 heavy (non-hydrogen) atoms. The average molecular weight is 389 g/mol. The van der Waals surface area contributed by atoms with Crippen LogP contribution in [0.3, 0.4) is 0 Å². The van der Waals surface area contributed by atoms with Crippen molar-refractivity contribution in [1.29, 1.82) is 0 Å². The van der Waals surface area contributed by atoms with Crippen molar-refractivity contribution < 1.29 is 9.59 Å². The van der Waals surface area contributed by atoms with Crippen LogP contribution in [0.1, 0.15) is 61.9 Å². The lowest BCUT2D eigenvalue weighted by Gasteiger charge is -2.35. The summed E-state index contributed by atoms with van der Waals surface area (Å²) in [7, 11) is 0. The fourth-order valence-corrected chi connectivity index (χ4v) is 5.68. The Bertz CT molecular complexity index is 653. The molecule has 1 aliphatic heterocycles. The van der Waals surface area contributed by atoms with Crippen LogP contribution in [0.4, 0.5) is 0 Å². The average Bonchev–Trinajstić information content (AvgIpc) is 3.12. The SMILES string of the molecule is Cc1ccc(C(=O)N2[C@@H](C(=O)NCC(C)C)CS[C@@H]2C2CCCCC2)cc1. The van der Waals surface area contributed by atoms with E-state index in [-0.39, 0.29) is 23.2 Å². The van der Waals surface area contributed by atoms with E-state index in [4.69, 9.17) is 0 Å². The molecule has 0 bridgehead atoms. The summed E-state index contributed by atoms with van der Waals surface area (Å²) < 4.78 is 0. The minimum absolute atomic E-state index is 0.000250. The van der Waals surface area contributed by atoms with Crippen LogP contribution in [-0.4, -0.2) is 40.4 Å².